The maximum absolute atomic E-state index is 14.4. The number of carbonyl (C=O) groups excluding carboxylic acids is 1. The molecule has 0 radical (unpaired) electrons. The summed E-state index contributed by atoms with van der Waals surface area (Å²) in [5.74, 6) is -1.31. The minimum Gasteiger partial charge on any atom is -0.346 e. The minimum absolute atomic E-state index is 0.0690. The second-order valence-corrected chi connectivity index (χ2v) is 17.9. The molecule has 0 aromatic carbocycles. The van der Waals surface area contributed by atoms with Crippen LogP contribution in [0.25, 0.3) is 0 Å². The number of anilines is 1. The van der Waals surface area contributed by atoms with Crippen LogP contribution in [-0.4, -0.2) is 58.5 Å². The third kappa shape index (κ3) is 5.39. The number of ether oxygens (including phenoxy) is 4. The van der Waals surface area contributed by atoms with Gasteiger partial charge in [0, 0.05) is 48.5 Å². The lowest BCUT2D eigenvalue weighted by atomic mass is 9.56. The summed E-state index contributed by atoms with van der Waals surface area (Å²) in [4.78, 5) is 43.0. The summed E-state index contributed by atoms with van der Waals surface area (Å²) in [5.41, 5.74) is -1.01. The molecular formula is C39H55FN2O9. The summed E-state index contributed by atoms with van der Waals surface area (Å²) in [5, 5.41) is 3.00. The molecule has 282 valence electrons. The monoisotopic (exact) mass is 714 g/mol. The number of hydrogen-bond donors (Lipinski definition) is 1. The first-order valence-electron chi connectivity index (χ1n) is 19.7. The Labute approximate surface area is 300 Å². The van der Waals surface area contributed by atoms with Crippen molar-refractivity contribution in [3.8, 4) is 0 Å². The van der Waals surface area contributed by atoms with Crippen LogP contribution in [0, 0.1) is 59.2 Å². The Morgan fingerprint density at radius 1 is 0.784 bits per heavy atom. The number of aromatic nitrogens is 1. The second-order valence-electron chi connectivity index (χ2n) is 17.9. The van der Waals surface area contributed by atoms with Crippen LogP contribution >= 0.6 is 0 Å². The van der Waals surface area contributed by atoms with Gasteiger partial charge < -0.3 is 24.3 Å². The summed E-state index contributed by atoms with van der Waals surface area (Å²) in [6.45, 7) is 12.9. The lowest BCUT2D eigenvalue weighted by molar-refractivity contribution is -0.571. The zero-order valence-corrected chi connectivity index (χ0v) is 30.8. The number of hydrogen-bond acceptors (Lipinski definition) is 10. The fraction of sp³-hybridized carbons (Fsp3) is 0.846. The molecule has 4 bridgehead atoms. The summed E-state index contributed by atoms with van der Waals surface area (Å²) in [7, 11) is 0. The first-order chi connectivity index (χ1) is 24.3. The highest BCUT2D eigenvalue weighted by Gasteiger charge is 2.71. The standard InChI is InChI=1S/C39H55FN2O9/c1-20-7-9-28-22(3)30(44-34-38(28)26(20)11-14-36(5,46-34)48-50-38)17-24(33(43)42-25-13-16-41-32(40)19-25)18-31-23(4)29-10-8-21(2)27-12-15-37(6)47-35(45-31)39(27,29)51-49-37/h13,16,19-24,26-31,34-35H,7-12,14-15,17-18H2,1-6H3,(H,41,42,43)/t20-,21-,22-,23-,26+,27+,28+,29+,30-,31-,34-,35-,36+,37+,38-,39-/m1/s1. The van der Waals surface area contributed by atoms with E-state index in [1.54, 1.807) is 6.07 Å². The van der Waals surface area contributed by atoms with Gasteiger partial charge in [0.05, 0.1) is 12.2 Å². The summed E-state index contributed by atoms with van der Waals surface area (Å²) < 4.78 is 41.4. The molecule has 2 saturated carbocycles. The van der Waals surface area contributed by atoms with Gasteiger partial charge >= 0.3 is 0 Å². The number of halogens is 1. The summed E-state index contributed by atoms with van der Waals surface area (Å²) in [6.07, 6.45) is 7.97. The first-order valence-corrected chi connectivity index (χ1v) is 19.7. The lowest BCUT2D eigenvalue weighted by Gasteiger charge is -2.61. The van der Waals surface area contributed by atoms with Gasteiger partial charge in [-0.15, -0.1) is 0 Å². The van der Waals surface area contributed by atoms with Gasteiger partial charge in [0.15, 0.2) is 23.8 Å². The maximum atomic E-state index is 14.4. The Kier molecular flexibility index (Phi) is 8.49. The van der Waals surface area contributed by atoms with Gasteiger partial charge in [-0.1, -0.05) is 27.7 Å². The van der Waals surface area contributed by atoms with E-state index in [0.717, 1.165) is 51.4 Å². The number of nitrogens with one attached hydrogen (secondary N) is 1. The van der Waals surface area contributed by atoms with Crippen molar-refractivity contribution in [2.75, 3.05) is 5.32 Å². The smallest absolute Gasteiger partial charge is 0.227 e. The number of rotatable bonds is 6. The van der Waals surface area contributed by atoms with E-state index in [1.165, 1.54) is 12.3 Å². The van der Waals surface area contributed by atoms with Gasteiger partial charge in [-0.2, -0.15) is 4.39 Å². The van der Waals surface area contributed by atoms with Crippen LogP contribution in [0.15, 0.2) is 18.3 Å². The Morgan fingerprint density at radius 3 is 1.78 bits per heavy atom. The van der Waals surface area contributed by atoms with Crippen LogP contribution in [0.3, 0.4) is 0 Å². The van der Waals surface area contributed by atoms with Crippen LogP contribution in [0.1, 0.15) is 106 Å². The SMILES string of the molecule is C[C@H]1[C@@H](CC(C[C@H]2O[C@@H]3O[C@]4(C)CC[C@H]5[C@H](C)CC[C@@H]([C@H]2C)[C@@]35OO4)C(=O)Nc2ccnc(F)c2)O[C@@H]2O[C@]3(C)CC[C@H]4[C@H](C)CC[C@@H]1[C@@]24OO3. The van der Waals surface area contributed by atoms with Gasteiger partial charge in [-0.25, -0.2) is 24.5 Å². The molecule has 1 aromatic rings. The van der Waals surface area contributed by atoms with Crippen molar-refractivity contribution in [2.45, 2.75) is 153 Å². The van der Waals surface area contributed by atoms with E-state index in [0.29, 0.717) is 30.4 Å². The molecule has 0 unspecified atom stereocenters. The van der Waals surface area contributed by atoms with Crippen LogP contribution in [0.4, 0.5) is 10.1 Å². The van der Waals surface area contributed by atoms with Gasteiger partial charge in [0.1, 0.15) is 0 Å². The third-order valence-corrected chi connectivity index (χ3v) is 15.0. The second kappa shape index (κ2) is 12.4. The van der Waals surface area contributed by atoms with Crippen molar-refractivity contribution in [1.82, 2.24) is 4.98 Å². The van der Waals surface area contributed by atoms with Gasteiger partial charge in [-0.05, 0) is 107 Å². The number of fused-ring (bicyclic) bond motifs is 4. The Bertz CT molecular complexity index is 1440. The molecule has 16 atom stereocenters. The van der Waals surface area contributed by atoms with E-state index in [1.807, 2.05) is 13.8 Å². The predicted octanol–water partition coefficient (Wildman–Crippen LogP) is 7.06. The van der Waals surface area contributed by atoms with Gasteiger partial charge in [0.2, 0.25) is 23.4 Å². The molecule has 1 N–H and O–H groups in total. The Morgan fingerprint density at radius 2 is 1.29 bits per heavy atom. The van der Waals surface area contributed by atoms with E-state index < -0.39 is 47.2 Å². The van der Waals surface area contributed by atoms with Crippen LogP contribution < -0.4 is 5.32 Å². The largest absolute Gasteiger partial charge is 0.346 e. The molecule has 1 aromatic heterocycles. The molecule has 10 aliphatic rings. The zero-order valence-electron chi connectivity index (χ0n) is 30.8. The maximum Gasteiger partial charge on any atom is 0.227 e. The van der Waals surface area contributed by atoms with Crippen molar-refractivity contribution < 1.29 is 47.7 Å². The fourth-order valence-electron chi connectivity index (χ4n) is 12.1. The van der Waals surface area contributed by atoms with Crippen molar-refractivity contribution >= 4 is 11.6 Å². The molecule has 11 nitrogen and oxygen atoms in total. The number of amides is 1. The normalized spacial score (nSPS) is 51.8. The van der Waals surface area contributed by atoms with Crippen LogP contribution in [0.2, 0.25) is 0 Å². The highest BCUT2D eigenvalue weighted by Crippen LogP contribution is 2.63. The fourth-order valence-corrected chi connectivity index (χ4v) is 12.1. The lowest BCUT2D eigenvalue weighted by Crippen LogP contribution is -2.70. The van der Waals surface area contributed by atoms with E-state index in [9.17, 15) is 9.18 Å². The van der Waals surface area contributed by atoms with E-state index in [2.05, 4.69) is 38.0 Å². The van der Waals surface area contributed by atoms with Crippen molar-refractivity contribution in [2.24, 2.45) is 53.3 Å². The molecule has 2 aliphatic carbocycles. The third-order valence-electron chi connectivity index (χ3n) is 15.0. The van der Waals surface area contributed by atoms with E-state index in [4.69, 9.17) is 38.5 Å². The van der Waals surface area contributed by atoms with Crippen molar-refractivity contribution in [1.29, 1.82) is 0 Å². The van der Waals surface area contributed by atoms with E-state index >= 15 is 0 Å². The molecule has 10 fully saturated rings. The molecule has 8 saturated heterocycles. The average Bonchev–Trinajstić information content (AvgIpc) is 3.46. The van der Waals surface area contributed by atoms with Crippen LogP contribution in [0.5, 0.6) is 0 Å². The Hall–Kier alpha value is -1.77. The molecule has 1 amide bonds. The predicted molar refractivity (Wildman–Crippen MR) is 179 cm³/mol. The number of pyridine rings is 1. The highest BCUT2D eigenvalue weighted by molar-refractivity contribution is 5.92. The summed E-state index contributed by atoms with van der Waals surface area (Å²) in [6, 6.07) is 2.86. The quantitative estimate of drug-likeness (QED) is 0.243. The molecule has 9 heterocycles. The average molecular weight is 715 g/mol. The number of nitrogens with zero attached hydrogens (tertiary/aromatic N) is 1. The molecular weight excluding hydrogens is 659 g/mol. The molecule has 12 heteroatoms. The molecule has 8 aliphatic heterocycles. The van der Waals surface area contributed by atoms with E-state index in [-0.39, 0.29) is 53.6 Å². The number of carbonyl (C=O) groups is 1. The Balaban J connectivity index is 1.02. The first kappa shape index (κ1) is 35.0. The summed E-state index contributed by atoms with van der Waals surface area (Å²) >= 11 is 0. The molecule has 11 rings (SSSR count). The van der Waals surface area contributed by atoms with Crippen molar-refractivity contribution in [3.05, 3.63) is 24.3 Å². The molecule has 51 heavy (non-hydrogen) atoms. The topological polar surface area (TPSA) is 116 Å². The van der Waals surface area contributed by atoms with Gasteiger partial charge in [0.25, 0.3) is 0 Å². The van der Waals surface area contributed by atoms with Crippen LogP contribution in [-0.2, 0) is 43.3 Å². The van der Waals surface area contributed by atoms with Gasteiger partial charge in [-0.3, -0.25) is 4.79 Å². The zero-order chi connectivity index (χ0) is 35.5. The van der Waals surface area contributed by atoms with Crippen molar-refractivity contribution in [3.63, 3.8) is 0 Å². The minimum atomic E-state index is -0.887. The molecule has 2 spiro atoms. The highest BCUT2D eigenvalue weighted by atomic mass is 19.1.